The molecule has 0 aromatic carbocycles. The van der Waals surface area contributed by atoms with Crippen molar-refractivity contribution in [3.63, 3.8) is 0 Å². The number of rotatable bonds is 5. The van der Waals surface area contributed by atoms with E-state index in [-0.39, 0.29) is 11.4 Å². The molecule has 1 fully saturated rings. The van der Waals surface area contributed by atoms with Crippen LogP contribution in [0.2, 0.25) is 0 Å². The van der Waals surface area contributed by atoms with E-state index < -0.39 is 0 Å². The van der Waals surface area contributed by atoms with E-state index in [4.69, 9.17) is 10.00 Å². The van der Waals surface area contributed by atoms with Crippen LogP contribution in [0.3, 0.4) is 0 Å². The molecule has 0 bridgehead atoms. The second-order valence-electron chi connectivity index (χ2n) is 4.40. The van der Waals surface area contributed by atoms with E-state index in [1.165, 1.54) is 25.1 Å². The topological polar surface area (TPSA) is 75.9 Å². The Hall–Kier alpha value is -1.61. The molecule has 0 saturated heterocycles. The maximum Gasteiger partial charge on any atom is 0.306 e. The number of carbonyl (C=O) groups excluding carboxylic acids is 1. The molecule has 0 amide bonds. The molecule has 0 N–H and O–H groups in total. The number of nitrogens with zero attached hydrogens (tertiary/aromatic N) is 3. The number of nitriles is 1. The highest BCUT2D eigenvalue weighted by molar-refractivity contribution is 7.99. The normalized spacial score (nSPS) is 15.8. The van der Waals surface area contributed by atoms with Crippen LogP contribution in [0, 0.1) is 16.7 Å². The number of methoxy groups -OCH3 is 1. The largest absolute Gasteiger partial charge is 0.469 e. The van der Waals surface area contributed by atoms with Gasteiger partial charge in [0.05, 0.1) is 25.3 Å². The summed E-state index contributed by atoms with van der Waals surface area (Å²) in [5.74, 6) is 0.600. The highest BCUT2D eigenvalue weighted by Crippen LogP contribution is 2.52. The van der Waals surface area contributed by atoms with Crippen molar-refractivity contribution in [1.29, 1.82) is 5.26 Å². The summed E-state index contributed by atoms with van der Waals surface area (Å²) in [5.41, 5.74) is 0.561. The zero-order chi connectivity index (χ0) is 13.0. The summed E-state index contributed by atoms with van der Waals surface area (Å²) in [6.45, 7) is 0. The van der Waals surface area contributed by atoms with E-state index in [2.05, 4.69) is 16.3 Å². The minimum atomic E-state index is -0.173. The monoisotopic (exact) mass is 263 g/mol. The van der Waals surface area contributed by atoms with Gasteiger partial charge in [0.2, 0.25) is 0 Å². The number of esters is 1. The fraction of sp³-hybridized carbons (Fsp3) is 0.500. The van der Waals surface area contributed by atoms with Crippen molar-refractivity contribution in [2.45, 2.75) is 24.3 Å². The Morgan fingerprint density at radius 1 is 1.67 bits per heavy atom. The lowest BCUT2D eigenvalue weighted by Gasteiger charge is -2.12. The van der Waals surface area contributed by atoms with Crippen LogP contribution in [0.4, 0.5) is 0 Å². The molecule has 0 atom stereocenters. The predicted octanol–water partition coefficient (Wildman–Crippen LogP) is 1.78. The van der Waals surface area contributed by atoms with Gasteiger partial charge in [0.15, 0.2) is 0 Å². The Morgan fingerprint density at radius 2 is 2.44 bits per heavy atom. The first-order valence-electron chi connectivity index (χ1n) is 5.60. The van der Waals surface area contributed by atoms with Crippen molar-refractivity contribution in [3.8, 4) is 6.07 Å². The van der Waals surface area contributed by atoms with Crippen LogP contribution in [0.5, 0.6) is 0 Å². The number of aromatic nitrogens is 2. The summed E-state index contributed by atoms with van der Waals surface area (Å²) >= 11 is 1.49. The first kappa shape index (κ1) is 12.8. The van der Waals surface area contributed by atoms with E-state index in [1.54, 1.807) is 6.07 Å². The zero-order valence-electron chi connectivity index (χ0n) is 10.0. The van der Waals surface area contributed by atoms with E-state index >= 15 is 0 Å². The highest BCUT2D eigenvalue weighted by atomic mass is 32.2. The van der Waals surface area contributed by atoms with Crippen LogP contribution in [-0.4, -0.2) is 29.0 Å². The summed E-state index contributed by atoms with van der Waals surface area (Å²) in [4.78, 5) is 11.3. The lowest BCUT2D eigenvalue weighted by molar-refractivity contribution is -0.141. The van der Waals surface area contributed by atoms with Gasteiger partial charge in [-0.15, -0.1) is 16.9 Å². The molecule has 1 aromatic rings. The zero-order valence-corrected chi connectivity index (χ0v) is 10.9. The van der Waals surface area contributed by atoms with E-state index in [0.717, 1.165) is 18.6 Å². The quantitative estimate of drug-likeness (QED) is 0.595. The average Bonchev–Trinajstić information content (AvgIpc) is 3.16. The molecule has 1 saturated carbocycles. The molecule has 0 aliphatic heterocycles. The van der Waals surface area contributed by atoms with E-state index in [0.29, 0.717) is 17.0 Å². The third-order valence-corrected chi connectivity index (χ3v) is 4.36. The van der Waals surface area contributed by atoms with Crippen molar-refractivity contribution in [2.75, 3.05) is 12.9 Å². The summed E-state index contributed by atoms with van der Waals surface area (Å²) in [6.07, 6.45) is 4.00. The van der Waals surface area contributed by atoms with Crippen molar-refractivity contribution < 1.29 is 9.53 Å². The van der Waals surface area contributed by atoms with Crippen molar-refractivity contribution in [3.05, 3.63) is 17.8 Å². The van der Waals surface area contributed by atoms with Gasteiger partial charge < -0.3 is 4.74 Å². The maximum atomic E-state index is 11.3. The number of hydrogen-bond donors (Lipinski definition) is 0. The number of ether oxygens (including phenoxy) is 1. The fourth-order valence-corrected chi connectivity index (χ4v) is 2.87. The standard InChI is InChI=1S/C12H13N3O2S/c1-17-10(16)6-12(3-4-12)8-18-11-9(7-13)2-5-14-15-11/h2,5H,3-4,6,8H2,1H3. The summed E-state index contributed by atoms with van der Waals surface area (Å²) in [7, 11) is 1.40. The summed E-state index contributed by atoms with van der Waals surface area (Å²) < 4.78 is 4.69. The Labute approximate surface area is 110 Å². The van der Waals surface area contributed by atoms with Crippen LogP contribution in [-0.2, 0) is 9.53 Å². The fourth-order valence-electron chi connectivity index (χ4n) is 1.66. The lowest BCUT2D eigenvalue weighted by atomic mass is 10.1. The summed E-state index contributed by atoms with van der Waals surface area (Å²) in [6, 6.07) is 3.74. The first-order valence-corrected chi connectivity index (χ1v) is 6.59. The van der Waals surface area contributed by atoms with Gasteiger partial charge in [-0.1, -0.05) is 0 Å². The van der Waals surface area contributed by atoms with Gasteiger partial charge >= 0.3 is 5.97 Å². The molecule has 6 heteroatoms. The maximum absolute atomic E-state index is 11.3. The number of carbonyl (C=O) groups is 1. The molecule has 1 aliphatic rings. The number of thioether (sulfide) groups is 1. The predicted molar refractivity (Wildman–Crippen MR) is 65.8 cm³/mol. The average molecular weight is 263 g/mol. The van der Waals surface area contributed by atoms with Gasteiger partial charge in [-0.2, -0.15) is 10.4 Å². The Morgan fingerprint density at radius 3 is 3.06 bits per heavy atom. The van der Waals surface area contributed by atoms with Crippen LogP contribution in [0.25, 0.3) is 0 Å². The second-order valence-corrected chi connectivity index (χ2v) is 5.37. The molecule has 94 valence electrons. The van der Waals surface area contributed by atoms with Crippen molar-refractivity contribution in [2.24, 2.45) is 5.41 Å². The molecule has 0 unspecified atom stereocenters. The third kappa shape index (κ3) is 2.99. The molecule has 18 heavy (non-hydrogen) atoms. The summed E-state index contributed by atoms with van der Waals surface area (Å²) in [5, 5.41) is 17.3. The van der Waals surface area contributed by atoms with Crippen molar-refractivity contribution in [1.82, 2.24) is 10.2 Å². The Kier molecular flexibility index (Phi) is 3.82. The molecule has 0 radical (unpaired) electrons. The van der Waals surface area contributed by atoms with Crippen LogP contribution in [0.15, 0.2) is 17.3 Å². The van der Waals surface area contributed by atoms with E-state index in [9.17, 15) is 4.79 Å². The third-order valence-electron chi connectivity index (χ3n) is 3.03. The lowest BCUT2D eigenvalue weighted by Crippen LogP contribution is -2.13. The molecule has 5 nitrogen and oxygen atoms in total. The van der Waals surface area contributed by atoms with Crippen LogP contribution in [0.1, 0.15) is 24.8 Å². The number of hydrogen-bond acceptors (Lipinski definition) is 6. The molecule has 1 heterocycles. The molecular weight excluding hydrogens is 250 g/mol. The molecule has 0 spiro atoms. The SMILES string of the molecule is COC(=O)CC1(CSc2nnccc2C#N)CC1. The molecule has 1 aliphatic carbocycles. The second kappa shape index (κ2) is 5.36. The molecule has 1 aromatic heterocycles. The van der Waals surface area contributed by atoms with Gasteiger partial charge in [-0.3, -0.25) is 4.79 Å². The Bertz CT molecular complexity index is 494. The van der Waals surface area contributed by atoms with Gasteiger partial charge in [0.1, 0.15) is 11.1 Å². The molecular formula is C12H13N3O2S. The first-order chi connectivity index (χ1) is 8.69. The van der Waals surface area contributed by atoms with Gasteiger partial charge in [-0.25, -0.2) is 0 Å². The van der Waals surface area contributed by atoms with Crippen molar-refractivity contribution >= 4 is 17.7 Å². The van der Waals surface area contributed by atoms with Crippen LogP contribution >= 0.6 is 11.8 Å². The van der Waals surface area contributed by atoms with Gasteiger partial charge in [0, 0.05) is 5.75 Å². The highest BCUT2D eigenvalue weighted by Gasteiger charge is 2.44. The van der Waals surface area contributed by atoms with E-state index in [1.807, 2.05) is 0 Å². The minimum absolute atomic E-state index is 0.0298. The van der Waals surface area contributed by atoms with Gasteiger partial charge in [0.25, 0.3) is 0 Å². The van der Waals surface area contributed by atoms with Crippen LogP contribution < -0.4 is 0 Å². The smallest absolute Gasteiger partial charge is 0.306 e. The molecule has 2 rings (SSSR count). The Balaban J connectivity index is 1.96. The minimum Gasteiger partial charge on any atom is -0.469 e. The van der Waals surface area contributed by atoms with Gasteiger partial charge in [-0.05, 0) is 24.3 Å².